The van der Waals surface area contributed by atoms with Crippen molar-refractivity contribution in [3.8, 4) is 0 Å². The third-order valence-corrected chi connectivity index (χ3v) is 4.13. The molecule has 2 amide bonds. The van der Waals surface area contributed by atoms with E-state index in [0.717, 1.165) is 5.69 Å². The lowest BCUT2D eigenvalue weighted by Gasteiger charge is -2.35. The van der Waals surface area contributed by atoms with Gasteiger partial charge in [0.2, 0.25) is 0 Å². The fraction of sp³-hybridized carbons (Fsp3) is 0.211. The zero-order chi connectivity index (χ0) is 17.6. The standard InChI is InChI=1S/C19H19F2N3O/c20-16-5-7-17(8-6-16)23-11-13-24(14-12-23)19(25)22-10-9-15-3-1-2-4-18(15)21/h1-10H,11-14H2,(H,22,25)/b10-9+. The molecule has 1 N–H and O–H groups in total. The van der Waals surface area contributed by atoms with Gasteiger partial charge < -0.3 is 15.1 Å². The third-order valence-electron chi connectivity index (χ3n) is 4.13. The van der Waals surface area contributed by atoms with E-state index >= 15 is 0 Å². The number of hydrogen-bond acceptors (Lipinski definition) is 2. The molecule has 0 unspecified atom stereocenters. The van der Waals surface area contributed by atoms with Crippen LogP contribution in [0.1, 0.15) is 5.56 Å². The molecule has 4 nitrogen and oxygen atoms in total. The van der Waals surface area contributed by atoms with Gasteiger partial charge in [-0.15, -0.1) is 0 Å². The van der Waals surface area contributed by atoms with Crippen molar-refractivity contribution in [3.63, 3.8) is 0 Å². The maximum absolute atomic E-state index is 13.5. The fourth-order valence-corrected chi connectivity index (χ4v) is 2.72. The molecule has 2 aromatic carbocycles. The molecule has 0 atom stereocenters. The first-order valence-corrected chi connectivity index (χ1v) is 8.10. The van der Waals surface area contributed by atoms with E-state index in [1.165, 1.54) is 30.5 Å². The normalized spacial score (nSPS) is 14.8. The quantitative estimate of drug-likeness (QED) is 0.926. The van der Waals surface area contributed by atoms with Crippen LogP contribution in [0.3, 0.4) is 0 Å². The number of nitrogens with zero attached hydrogens (tertiary/aromatic N) is 2. The second-order valence-corrected chi connectivity index (χ2v) is 5.75. The van der Waals surface area contributed by atoms with E-state index in [1.807, 2.05) is 0 Å². The Morgan fingerprint density at radius 3 is 2.32 bits per heavy atom. The van der Waals surface area contributed by atoms with Crippen LogP contribution in [-0.4, -0.2) is 37.1 Å². The predicted molar refractivity (Wildman–Crippen MR) is 94.2 cm³/mol. The minimum atomic E-state index is -0.332. The summed E-state index contributed by atoms with van der Waals surface area (Å²) in [5, 5.41) is 2.66. The summed E-state index contributed by atoms with van der Waals surface area (Å²) in [6, 6.07) is 12.5. The van der Waals surface area contributed by atoms with Crippen molar-refractivity contribution in [2.24, 2.45) is 0 Å². The van der Waals surface area contributed by atoms with Crippen molar-refractivity contribution >= 4 is 17.8 Å². The Hall–Kier alpha value is -2.89. The molecule has 3 rings (SSSR count). The molecule has 1 aliphatic heterocycles. The van der Waals surface area contributed by atoms with E-state index in [1.54, 1.807) is 35.2 Å². The van der Waals surface area contributed by atoms with E-state index < -0.39 is 0 Å². The number of amides is 2. The summed E-state index contributed by atoms with van der Waals surface area (Å²) in [7, 11) is 0. The van der Waals surface area contributed by atoms with Gasteiger partial charge in [0.15, 0.2) is 0 Å². The summed E-state index contributed by atoms with van der Waals surface area (Å²) < 4.78 is 26.5. The van der Waals surface area contributed by atoms with Crippen LogP contribution in [0.2, 0.25) is 0 Å². The van der Waals surface area contributed by atoms with Gasteiger partial charge in [-0.05, 0) is 36.4 Å². The van der Waals surface area contributed by atoms with E-state index in [-0.39, 0.29) is 17.7 Å². The van der Waals surface area contributed by atoms with Crippen LogP contribution in [0.5, 0.6) is 0 Å². The van der Waals surface area contributed by atoms with E-state index in [2.05, 4.69) is 10.2 Å². The molecule has 25 heavy (non-hydrogen) atoms. The molecule has 0 spiro atoms. The molecule has 130 valence electrons. The van der Waals surface area contributed by atoms with Crippen molar-refractivity contribution in [2.75, 3.05) is 31.1 Å². The second-order valence-electron chi connectivity index (χ2n) is 5.75. The molecule has 0 aliphatic carbocycles. The molecule has 1 aliphatic rings. The predicted octanol–water partition coefficient (Wildman–Crippen LogP) is 3.47. The van der Waals surface area contributed by atoms with Crippen molar-refractivity contribution in [1.82, 2.24) is 10.2 Å². The molecule has 1 heterocycles. The van der Waals surface area contributed by atoms with Crippen LogP contribution in [0, 0.1) is 11.6 Å². The van der Waals surface area contributed by atoms with E-state index in [0.29, 0.717) is 31.7 Å². The zero-order valence-corrected chi connectivity index (χ0v) is 13.7. The number of piperazine rings is 1. The molecular formula is C19H19F2N3O. The van der Waals surface area contributed by atoms with Crippen molar-refractivity contribution < 1.29 is 13.6 Å². The molecule has 0 radical (unpaired) electrons. The van der Waals surface area contributed by atoms with Crippen molar-refractivity contribution in [2.45, 2.75) is 0 Å². The van der Waals surface area contributed by atoms with Gasteiger partial charge in [0.1, 0.15) is 11.6 Å². The number of halogens is 2. The van der Waals surface area contributed by atoms with Crippen LogP contribution in [-0.2, 0) is 0 Å². The first-order chi connectivity index (χ1) is 12.1. The fourth-order valence-electron chi connectivity index (χ4n) is 2.72. The minimum absolute atomic E-state index is 0.216. The van der Waals surface area contributed by atoms with Gasteiger partial charge >= 0.3 is 6.03 Å². The number of benzene rings is 2. The lowest BCUT2D eigenvalue weighted by atomic mass is 10.2. The van der Waals surface area contributed by atoms with Gasteiger partial charge in [-0.25, -0.2) is 13.6 Å². The average Bonchev–Trinajstić information content (AvgIpc) is 2.64. The lowest BCUT2D eigenvalue weighted by molar-refractivity contribution is 0.198. The molecule has 1 fully saturated rings. The first-order valence-electron chi connectivity index (χ1n) is 8.10. The molecule has 6 heteroatoms. The second kappa shape index (κ2) is 7.79. The highest BCUT2D eigenvalue weighted by molar-refractivity contribution is 5.76. The maximum atomic E-state index is 13.5. The number of urea groups is 1. The molecule has 0 bridgehead atoms. The van der Waals surface area contributed by atoms with Gasteiger partial charge in [-0.3, -0.25) is 0 Å². The van der Waals surface area contributed by atoms with Crippen molar-refractivity contribution in [3.05, 3.63) is 71.9 Å². The largest absolute Gasteiger partial charge is 0.368 e. The molecule has 1 saturated heterocycles. The Balaban J connectivity index is 1.50. The van der Waals surface area contributed by atoms with Gasteiger partial charge in [0, 0.05) is 43.6 Å². The van der Waals surface area contributed by atoms with Crippen LogP contribution in [0.25, 0.3) is 6.08 Å². The van der Waals surface area contributed by atoms with Gasteiger partial charge in [-0.2, -0.15) is 0 Å². The summed E-state index contributed by atoms with van der Waals surface area (Å²) in [5.74, 6) is -0.593. The monoisotopic (exact) mass is 343 g/mol. The number of nitrogens with one attached hydrogen (secondary N) is 1. The SMILES string of the molecule is O=C(N/C=C/c1ccccc1F)N1CCN(c2ccc(F)cc2)CC1. The van der Waals surface area contributed by atoms with Crippen LogP contribution in [0.4, 0.5) is 19.3 Å². The third kappa shape index (κ3) is 4.35. The van der Waals surface area contributed by atoms with Crippen molar-refractivity contribution in [1.29, 1.82) is 0 Å². The van der Waals surface area contributed by atoms with E-state index in [9.17, 15) is 13.6 Å². The number of carbonyl (C=O) groups is 1. The summed E-state index contributed by atoms with van der Waals surface area (Å²) in [5.41, 5.74) is 1.37. The molecule has 2 aromatic rings. The Bertz CT molecular complexity index is 754. The maximum Gasteiger partial charge on any atom is 0.321 e. The Kier molecular flexibility index (Phi) is 5.28. The summed E-state index contributed by atoms with van der Waals surface area (Å²) in [4.78, 5) is 16.0. The highest BCUT2D eigenvalue weighted by atomic mass is 19.1. The van der Waals surface area contributed by atoms with Crippen LogP contribution < -0.4 is 10.2 Å². The lowest BCUT2D eigenvalue weighted by Crippen LogP contribution is -2.51. The number of carbonyl (C=O) groups excluding carboxylic acids is 1. The number of rotatable bonds is 3. The summed E-state index contributed by atoms with van der Waals surface area (Å²) in [6.45, 7) is 2.49. The highest BCUT2D eigenvalue weighted by Crippen LogP contribution is 2.17. The van der Waals surface area contributed by atoms with Crippen LogP contribution in [0.15, 0.2) is 54.7 Å². The van der Waals surface area contributed by atoms with Crippen LogP contribution >= 0.6 is 0 Å². The van der Waals surface area contributed by atoms with Gasteiger partial charge in [0.25, 0.3) is 0 Å². The van der Waals surface area contributed by atoms with Gasteiger partial charge in [0.05, 0.1) is 0 Å². The number of anilines is 1. The Morgan fingerprint density at radius 2 is 1.64 bits per heavy atom. The first kappa shape index (κ1) is 17.0. The minimum Gasteiger partial charge on any atom is -0.368 e. The Morgan fingerprint density at radius 1 is 0.960 bits per heavy atom. The summed E-state index contributed by atoms with van der Waals surface area (Å²) >= 11 is 0. The zero-order valence-electron chi connectivity index (χ0n) is 13.7. The smallest absolute Gasteiger partial charge is 0.321 e. The summed E-state index contributed by atoms with van der Waals surface area (Å²) in [6.07, 6.45) is 2.98. The Labute approximate surface area is 145 Å². The molecule has 0 aromatic heterocycles. The van der Waals surface area contributed by atoms with Gasteiger partial charge in [-0.1, -0.05) is 18.2 Å². The molecule has 0 saturated carbocycles. The number of hydrogen-bond donors (Lipinski definition) is 1. The average molecular weight is 343 g/mol. The van der Waals surface area contributed by atoms with E-state index in [4.69, 9.17) is 0 Å². The topological polar surface area (TPSA) is 35.6 Å². The highest BCUT2D eigenvalue weighted by Gasteiger charge is 2.20. The molecular weight excluding hydrogens is 324 g/mol.